The molecular weight excluding hydrogens is 428 g/mol. The average molecular weight is 447 g/mol. The van der Waals surface area contributed by atoms with Crippen LogP contribution in [0.2, 0.25) is 0 Å². The number of hydrogen-bond donors (Lipinski definition) is 1. The summed E-state index contributed by atoms with van der Waals surface area (Å²) in [4.78, 5) is 27.5. The highest BCUT2D eigenvalue weighted by Gasteiger charge is 2.64. The van der Waals surface area contributed by atoms with E-state index in [0.717, 1.165) is 24.5 Å². The molecular formula is C23H19F2N7O. The van der Waals surface area contributed by atoms with E-state index < -0.39 is 23.1 Å². The molecule has 1 aliphatic heterocycles. The van der Waals surface area contributed by atoms with Crippen LogP contribution in [-0.4, -0.2) is 37.0 Å². The van der Waals surface area contributed by atoms with Crippen molar-refractivity contribution in [1.29, 1.82) is 0 Å². The zero-order valence-electron chi connectivity index (χ0n) is 17.7. The second-order valence-electron chi connectivity index (χ2n) is 8.54. The van der Waals surface area contributed by atoms with Gasteiger partial charge in [-0.3, -0.25) is 4.79 Å². The molecule has 2 aliphatic rings. The van der Waals surface area contributed by atoms with Crippen LogP contribution in [0.3, 0.4) is 0 Å². The topological polar surface area (TPSA) is 88.3 Å². The van der Waals surface area contributed by atoms with Gasteiger partial charge in [0.2, 0.25) is 5.82 Å². The summed E-state index contributed by atoms with van der Waals surface area (Å²) < 4.78 is 30.2. The summed E-state index contributed by atoms with van der Waals surface area (Å²) in [5.41, 5.74) is 1.46. The Kier molecular flexibility index (Phi) is 4.20. The molecule has 10 heteroatoms. The minimum atomic E-state index is -0.600. The van der Waals surface area contributed by atoms with E-state index in [0.29, 0.717) is 29.3 Å². The van der Waals surface area contributed by atoms with E-state index in [-0.39, 0.29) is 11.7 Å². The van der Waals surface area contributed by atoms with Crippen molar-refractivity contribution < 1.29 is 13.6 Å². The van der Waals surface area contributed by atoms with Gasteiger partial charge in [-0.05, 0) is 55.5 Å². The third kappa shape index (κ3) is 3.05. The number of halogens is 2. The largest absolute Gasteiger partial charge is 0.346 e. The number of amides is 1. The van der Waals surface area contributed by atoms with Crippen molar-refractivity contribution in [3.8, 4) is 0 Å². The predicted octanol–water partition coefficient (Wildman–Crippen LogP) is 3.48. The SMILES string of the molecule is Cc1cnc(C(=O)Nc2cnn3ccc(N4CC[C@H]5C[C@]54c4cc(F)ccc4F)nc23)nc1. The molecule has 0 unspecified atom stereocenters. The highest BCUT2D eigenvalue weighted by Crippen LogP contribution is 2.63. The molecule has 1 aliphatic carbocycles. The van der Waals surface area contributed by atoms with Crippen LogP contribution in [0.4, 0.5) is 20.3 Å². The molecule has 0 radical (unpaired) electrons. The van der Waals surface area contributed by atoms with Crippen molar-refractivity contribution in [2.75, 3.05) is 16.8 Å². The number of benzene rings is 1. The number of piperidine rings is 1. The molecule has 4 aromatic rings. The molecule has 0 spiro atoms. The fourth-order valence-electron chi connectivity index (χ4n) is 4.88. The number of aromatic nitrogens is 5. The molecule has 1 N–H and O–H groups in total. The summed E-state index contributed by atoms with van der Waals surface area (Å²) in [7, 11) is 0. The zero-order chi connectivity index (χ0) is 22.7. The first-order valence-electron chi connectivity index (χ1n) is 10.6. The maximum Gasteiger partial charge on any atom is 0.293 e. The molecule has 33 heavy (non-hydrogen) atoms. The fourth-order valence-corrected chi connectivity index (χ4v) is 4.88. The summed E-state index contributed by atoms with van der Waals surface area (Å²) in [6.45, 7) is 2.51. The first kappa shape index (κ1) is 19.7. The Morgan fingerprint density at radius 3 is 2.79 bits per heavy atom. The number of nitrogens with one attached hydrogen (secondary N) is 1. The van der Waals surface area contributed by atoms with Gasteiger partial charge in [-0.15, -0.1) is 0 Å². The van der Waals surface area contributed by atoms with Gasteiger partial charge >= 0.3 is 0 Å². The summed E-state index contributed by atoms with van der Waals surface area (Å²) in [5, 5.41) is 7.01. The second kappa shape index (κ2) is 7.03. The van der Waals surface area contributed by atoms with Crippen molar-refractivity contribution in [1.82, 2.24) is 24.6 Å². The van der Waals surface area contributed by atoms with E-state index in [4.69, 9.17) is 4.98 Å². The Hall–Kier alpha value is -3.95. The number of anilines is 2. The molecule has 6 rings (SSSR count). The van der Waals surface area contributed by atoms with E-state index >= 15 is 0 Å². The van der Waals surface area contributed by atoms with Crippen molar-refractivity contribution in [3.63, 3.8) is 0 Å². The lowest BCUT2D eigenvalue weighted by Gasteiger charge is -2.30. The molecule has 1 saturated heterocycles. The molecule has 166 valence electrons. The first-order valence-corrected chi connectivity index (χ1v) is 10.6. The predicted molar refractivity (Wildman–Crippen MR) is 116 cm³/mol. The van der Waals surface area contributed by atoms with Gasteiger partial charge in [-0.1, -0.05) is 0 Å². The van der Waals surface area contributed by atoms with Gasteiger partial charge in [0.25, 0.3) is 5.91 Å². The van der Waals surface area contributed by atoms with Crippen LogP contribution in [0.1, 0.15) is 34.6 Å². The molecule has 4 heterocycles. The zero-order valence-corrected chi connectivity index (χ0v) is 17.7. The highest BCUT2D eigenvalue weighted by molar-refractivity contribution is 6.03. The average Bonchev–Trinajstić information content (AvgIpc) is 3.21. The number of nitrogens with zero attached hydrogens (tertiary/aromatic N) is 6. The van der Waals surface area contributed by atoms with E-state index in [1.54, 1.807) is 29.2 Å². The Bertz CT molecular complexity index is 1400. The fraction of sp³-hybridized carbons (Fsp3) is 0.261. The van der Waals surface area contributed by atoms with Crippen LogP contribution in [0, 0.1) is 24.5 Å². The standard InChI is InChI=1S/C23H19F2N7O/c1-13-10-26-20(27-11-13)22(33)29-18-12-28-32-7-5-19(30-21(18)32)31-6-4-14-9-23(14,31)16-8-15(24)2-3-17(16)25/h2-3,5,7-8,10-12,14H,4,6,9H2,1H3,(H,29,33)/t14-,23+/m0/s1. The number of aryl methyl sites for hydroxylation is 1. The van der Waals surface area contributed by atoms with Gasteiger partial charge in [0.05, 0.1) is 11.7 Å². The van der Waals surface area contributed by atoms with Crippen molar-refractivity contribution in [2.45, 2.75) is 25.3 Å². The lowest BCUT2D eigenvalue weighted by atomic mass is 10.0. The molecule has 1 saturated carbocycles. The smallest absolute Gasteiger partial charge is 0.293 e. The quantitative estimate of drug-likeness (QED) is 0.515. The van der Waals surface area contributed by atoms with Crippen molar-refractivity contribution >= 4 is 23.1 Å². The lowest BCUT2D eigenvalue weighted by Crippen LogP contribution is -2.34. The summed E-state index contributed by atoms with van der Waals surface area (Å²) in [5.74, 6) is -0.442. The summed E-state index contributed by atoms with van der Waals surface area (Å²) in [6.07, 6.45) is 7.99. The molecule has 2 atom stereocenters. The van der Waals surface area contributed by atoms with Crippen LogP contribution < -0.4 is 10.2 Å². The van der Waals surface area contributed by atoms with Crippen molar-refractivity contribution in [2.24, 2.45) is 5.92 Å². The van der Waals surface area contributed by atoms with Crippen LogP contribution in [-0.2, 0) is 5.54 Å². The highest BCUT2D eigenvalue weighted by atomic mass is 19.1. The van der Waals surface area contributed by atoms with Crippen molar-refractivity contribution in [3.05, 3.63) is 77.6 Å². The summed E-state index contributed by atoms with van der Waals surface area (Å²) in [6, 6.07) is 5.40. The normalized spacial score (nSPS) is 21.3. The lowest BCUT2D eigenvalue weighted by molar-refractivity contribution is 0.101. The van der Waals surface area contributed by atoms with Gasteiger partial charge in [-0.25, -0.2) is 28.2 Å². The third-order valence-electron chi connectivity index (χ3n) is 6.51. The first-order chi connectivity index (χ1) is 16.0. The van der Waals surface area contributed by atoms with Crippen LogP contribution in [0.15, 0.2) is 49.1 Å². The molecule has 2 fully saturated rings. The molecule has 8 nitrogen and oxygen atoms in total. The van der Waals surface area contributed by atoms with Gasteiger partial charge in [0, 0.05) is 30.7 Å². The summed E-state index contributed by atoms with van der Waals surface area (Å²) >= 11 is 0. The van der Waals surface area contributed by atoms with Gasteiger partial charge < -0.3 is 10.2 Å². The molecule has 3 aromatic heterocycles. The van der Waals surface area contributed by atoms with Gasteiger partial charge in [-0.2, -0.15) is 5.10 Å². The minimum Gasteiger partial charge on any atom is -0.346 e. The van der Waals surface area contributed by atoms with Gasteiger partial charge in [0.15, 0.2) is 5.65 Å². The molecule has 1 aromatic carbocycles. The number of hydrogen-bond acceptors (Lipinski definition) is 6. The second-order valence-corrected chi connectivity index (χ2v) is 8.54. The van der Waals surface area contributed by atoms with Crippen LogP contribution >= 0.6 is 0 Å². The Balaban J connectivity index is 1.35. The Morgan fingerprint density at radius 2 is 2.00 bits per heavy atom. The number of carbonyl (C=O) groups excluding carboxylic acids is 1. The number of carbonyl (C=O) groups is 1. The number of rotatable bonds is 4. The van der Waals surface area contributed by atoms with E-state index in [9.17, 15) is 13.6 Å². The Labute approximate surface area is 187 Å². The molecule has 1 amide bonds. The van der Waals surface area contributed by atoms with E-state index in [1.165, 1.54) is 18.3 Å². The van der Waals surface area contributed by atoms with Crippen LogP contribution in [0.5, 0.6) is 0 Å². The number of fused-ring (bicyclic) bond motifs is 2. The van der Waals surface area contributed by atoms with E-state index in [1.807, 2.05) is 11.8 Å². The monoisotopic (exact) mass is 447 g/mol. The molecule has 0 bridgehead atoms. The third-order valence-corrected chi connectivity index (χ3v) is 6.51. The van der Waals surface area contributed by atoms with Gasteiger partial charge in [0.1, 0.15) is 23.1 Å². The van der Waals surface area contributed by atoms with E-state index in [2.05, 4.69) is 20.4 Å². The maximum absolute atomic E-state index is 14.7. The Morgan fingerprint density at radius 1 is 1.18 bits per heavy atom. The minimum absolute atomic E-state index is 0.0389. The maximum atomic E-state index is 14.7. The van der Waals surface area contributed by atoms with Crippen LogP contribution in [0.25, 0.3) is 5.65 Å².